The summed E-state index contributed by atoms with van der Waals surface area (Å²) in [6.07, 6.45) is 1.90. The molecule has 1 atom stereocenters. The van der Waals surface area contributed by atoms with Gasteiger partial charge in [-0.2, -0.15) is 0 Å². The average Bonchev–Trinajstić information content (AvgIpc) is 3.54. The van der Waals surface area contributed by atoms with Crippen molar-refractivity contribution in [2.75, 3.05) is 13.4 Å². The van der Waals surface area contributed by atoms with Gasteiger partial charge in [0.15, 0.2) is 16.3 Å². The van der Waals surface area contributed by atoms with E-state index in [1.807, 2.05) is 49.4 Å². The van der Waals surface area contributed by atoms with Gasteiger partial charge in [-0.25, -0.2) is 9.79 Å². The largest absolute Gasteiger partial charge is 0.463 e. The van der Waals surface area contributed by atoms with Crippen LogP contribution in [0, 0.1) is 6.92 Å². The monoisotopic (exact) mass is 501 g/mol. The first-order valence-corrected chi connectivity index (χ1v) is 12.4. The molecule has 0 spiro atoms. The van der Waals surface area contributed by atoms with Gasteiger partial charge in [0.05, 0.1) is 28.5 Å². The molecule has 2 aromatic carbocycles. The molecule has 4 aromatic rings. The molecular weight excluding hydrogens is 478 g/mol. The van der Waals surface area contributed by atoms with E-state index < -0.39 is 12.0 Å². The van der Waals surface area contributed by atoms with E-state index >= 15 is 0 Å². The number of hydrogen-bond donors (Lipinski definition) is 1. The Kier molecular flexibility index (Phi) is 5.30. The van der Waals surface area contributed by atoms with E-state index in [4.69, 9.17) is 14.2 Å². The average molecular weight is 502 g/mol. The van der Waals surface area contributed by atoms with E-state index in [2.05, 4.69) is 9.98 Å². The number of nitrogens with zero attached hydrogens (tertiary/aromatic N) is 2. The SMILES string of the molecule is CCOC(=O)C1=C(C)N=c2s/c(=C\c3c(C)[nH]c4ccccc34)c(=O)n2[C@@H]1c1ccc2c(c1)OCO2. The van der Waals surface area contributed by atoms with Crippen molar-refractivity contribution in [2.24, 2.45) is 4.99 Å². The molecule has 0 radical (unpaired) electrons. The van der Waals surface area contributed by atoms with Crippen LogP contribution >= 0.6 is 11.3 Å². The van der Waals surface area contributed by atoms with Gasteiger partial charge < -0.3 is 19.2 Å². The molecule has 0 saturated carbocycles. The lowest BCUT2D eigenvalue weighted by Gasteiger charge is -2.24. The molecule has 0 amide bonds. The number of aromatic nitrogens is 2. The molecule has 1 N–H and O–H groups in total. The topological polar surface area (TPSA) is 94.9 Å². The third-order valence-corrected chi connectivity index (χ3v) is 7.43. The number of thiazole rings is 1. The summed E-state index contributed by atoms with van der Waals surface area (Å²) in [5.74, 6) is 0.699. The van der Waals surface area contributed by atoms with E-state index in [0.29, 0.717) is 37.7 Å². The normalized spacial score (nSPS) is 16.9. The molecule has 9 heteroatoms. The summed E-state index contributed by atoms with van der Waals surface area (Å²) in [5.41, 5.74) is 4.28. The number of para-hydroxylation sites is 1. The molecule has 0 fully saturated rings. The number of nitrogens with one attached hydrogen (secondary N) is 1. The first-order chi connectivity index (χ1) is 17.5. The number of carbonyl (C=O) groups excluding carboxylic acids is 1. The fourth-order valence-electron chi connectivity index (χ4n) is 4.81. The minimum atomic E-state index is -0.707. The summed E-state index contributed by atoms with van der Waals surface area (Å²) in [6.45, 7) is 5.86. The molecule has 4 heterocycles. The van der Waals surface area contributed by atoms with Crippen LogP contribution in [0.2, 0.25) is 0 Å². The number of H-pyrrole nitrogens is 1. The molecule has 36 heavy (non-hydrogen) atoms. The van der Waals surface area contributed by atoms with Crippen LogP contribution in [0.15, 0.2) is 63.5 Å². The smallest absolute Gasteiger partial charge is 0.338 e. The van der Waals surface area contributed by atoms with Gasteiger partial charge in [-0.1, -0.05) is 35.6 Å². The fourth-order valence-corrected chi connectivity index (χ4v) is 5.83. The van der Waals surface area contributed by atoms with E-state index in [0.717, 1.165) is 22.2 Å². The molecule has 2 aliphatic heterocycles. The van der Waals surface area contributed by atoms with Crippen LogP contribution in [0.1, 0.15) is 36.7 Å². The maximum Gasteiger partial charge on any atom is 0.338 e. The Morgan fingerprint density at radius 2 is 2.03 bits per heavy atom. The van der Waals surface area contributed by atoms with Crippen molar-refractivity contribution in [1.29, 1.82) is 0 Å². The first kappa shape index (κ1) is 22.4. The van der Waals surface area contributed by atoms with Gasteiger partial charge in [-0.3, -0.25) is 9.36 Å². The highest BCUT2D eigenvalue weighted by atomic mass is 32.1. The van der Waals surface area contributed by atoms with Crippen LogP contribution in [0.5, 0.6) is 11.5 Å². The lowest BCUT2D eigenvalue weighted by Crippen LogP contribution is -2.39. The van der Waals surface area contributed by atoms with Crippen molar-refractivity contribution in [3.8, 4) is 11.5 Å². The van der Waals surface area contributed by atoms with Crippen molar-refractivity contribution < 1.29 is 19.0 Å². The number of allylic oxidation sites excluding steroid dienone is 1. The predicted molar refractivity (Wildman–Crippen MR) is 136 cm³/mol. The minimum absolute atomic E-state index is 0.130. The van der Waals surface area contributed by atoms with Gasteiger partial charge in [0.2, 0.25) is 6.79 Å². The lowest BCUT2D eigenvalue weighted by molar-refractivity contribution is -0.139. The Morgan fingerprint density at radius 3 is 2.86 bits per heavy atom. The van der Waals surface area contributed by atoms with Gasteiger partial charge >= 0.3 is 5.97 Å². The summed E-state index contributed by atoms with van der Waals surface area (Å²) in [4.78, 5) is 35.5. The Morgan fingerprint density at radius 1 is 1.22 bits per heavy atom. The van der Waals surface area contributed by atoms with Crippen LogP contribution in [-0.2, 0) is 9.53 Å². The van der Waals surface area contributed by atoms with Crippen LogP contribution in [0.3, 0.4) is 0 Å². The number of carbonyl (C=O) groups is 1. The maximum atomic E-state index is 13.9. The molecule has 182 valence electrons. The highest BCUT2D eigenvalue weighted by molar-refractivity contribution is 7.07. The zero-order valence-electron chi connectivity index (χ0n) is 20.0. The molecule has 2 aromatic heterocycles. The molecule has 0 unspecified atom stereocenters. The number of fused-ring (bicyclic) bond motifs is 3. The molecule has 6 rings (SSSR count). The van der Waals surface area contributed by atoms with Crippen LogP contribution < -0.4 is 24.4 Å². The number of aromatic amines is 1. The second-order valence-electron chi connectivity index (χ2n) is 8.62. The van der Waals surface area contributed by atoms with Crippen molar-refractivity contribution in [3.05, 3.63) is 90.2 Å². The fraction of sp³-hybridized carbons (Fsp3) is 0.222. The van der Waals surface area contributed by atoms with Crippen molar-refractivity contribution in [2.45, 2.75) is 26.8 Å². The Hall–Kier alpha value is -4.11. The summed E-state index contributed by atoms with van der Waals surface area (Å²) < 4.78 is 18.5. The van der Waals surface area contributed by atoms with Gasteiger partial charge in [0, 0.05) is 22.2 Å². The quantitative estimate of drug-likeness (QED) is 0.433. The Bertz CT molecular complexity index is 1760. The van der Waals surface area contributed by atoms with Crippen LogP contribution in [0.4, 0.5) is 0 Å². The lowest BCUT2D eigenvalue weighted by atomic mass is 9.95. The molecule has 0 saturated heterocycles. The van der Waals surface area contributed by atoms with E-state index in [1.54, 1.807) is 24.5 Å². The van der Waals surface area contributed by atoms with Gasteiger partial charge in [-0.15, -0.1) is 0 Å². The standard InChI is InChI=1S/C27H23N3O5S/c1-4-33-26(32)23-15(3)29-27-30(24(23)16-9-10-20-21(11-16)35-13-34-20)25(31)22(36-27)12-18-14(2)28-19-8-6-5-7-17(18)19/h5-12,24,28H,4,13H2,1-3H3/b22-12-/t24-/m1/s1. The van der Waals surface area contributed by atoms with Crippen molar-refractivity contribution >= 4 is 34.3 Å². The molecule has 0 aliphatic carbocycles. The first-order valence-electron chi connectivity index (χ1n) is 11.6. The van der Waals surface area contributed by atoms with Gasteiger partial charge in [0.1, 0.15) is 0 Å². The Balaban J connectivity index is 1.58. The van der Waals surface area contributed by atoms with E-state index in [1.165, 1.54) is 11.3 Å². The van der Waals surface area contributed by atoms with Gasteiger partial charge in [-0.05, 0) is 50.6 Å². The predicted octanol–water partition coefficient (Wildman–Crippen LogP) is 3.32. The second kappa shape index (κ2) is 8.53. The van der Waals surface area contributed by atoms with Crippen LogP contribution in [0.25, 0.3) is 17.0 Å². The molecule has 2 aliphatic rings. The molecular formula is C27H23N3O5S. The summed E-state index contributed by atoms with van der Waals surface area (Å²) in [7, 11) is 0. The van der Waals surface area contributed by atoms with Crippen molar-refractivity contribution in [3.63, 3.8) is 0 Å². The number of esters is 1. The Labute approximate surface area is 209 Å². The summed E-state index contributed by atoms with van der Waals surface area (Å²) >= 11 is 1.30. The summed E-state index contributed by atoms with van der Waals surface area (Å²) in [6, 6.07) is 12.7. The number of benzene rings is 2. The zero-order valence-corrected chi connectivity index (χ0v) is 20.8. The second-order valence-corrected chi connectivity index (χ2v) is 9.63. The number of ether oxygens (including phenoxy) is 3. The van der Waals surface area contributed by atoms with E-state index in [-0.39, 0.29) is 19.0 Å². The third-order valence-electron chi connectivity index (χ3n) is 6.45. The molecule has 8 nitrogen and oxygen atoms in total. The van der Waals surface area contributed by atoms with Crippen molar-refractivity contribution in [1.82, 2.24) is 9.55 Å². The minimum Gasteiger partial charge on any atom is -0.463 e. The highest BCUT2D eigenvalue weighted by Crippen LogP contribution is 2.38. The third kappa shape index (κ3) is 3.46. The number of aryl methyl sites for hydroxylation is 1. The summed E-state index contributed by atoms with van der Waals surface area (Å²) in [5, 5.41) is 1.04. The van der Waals surface area contributed by atoms with Gasteiger partial charge in [0.25, 0.3) is 5.56 Å². The number of hydrogen-bond acceptors (Lipinski definition) is 7. The zero-order chi connectivity index (χ0) is 25.0. The maximum absolute atomic E-state index is 13.9. The highest BCUT2D eigenvalue weighted by Gasteiger charge is 2.34. The van der Waals surface area contributed by atoms with E-state index in [9.17, 15) is 9.59 Å². The number of rotatable bonds is 4. The van der Waals surface area contributed by atoms with Crippen LogP contribution in [-0.4, -0.2) is 28.9 Å². The molecule has 0 bridgehead atoms.